The number of hydrogen-bond acceptors (Lipinski definition) is 5. The molecule has 7 heteroatoms. The third-order valence-corrected chi connectivity index (χ3v) is 5.08. The lowest BCUT2D eigenvalue weighted by Gasteiger charge is -2.16. The lowest BCUT2D eigenvalue weighted by atomic mass is 10.1. The molecule has 0 fully saturated rings. The normalized spacial score (nSPS) is 10.7. The molecule has 0 aliphatic rings. The molecule has 0 N–H and O–H groups in total. The number of carbonyl (C=O) groups is 1. The molecule has 0 saturated heterocycles. The van der Waals surface area contributed by atoms with Gasteiger partial charge in [0, 0.05) is 13.6 Å². The molecular weight excluding hydrogens is 380 g/mol. The molecule has 2 aromatic carbocycles. The van der Waals surface area contributed by atoms with E-state index in [9.17, 15) is 4.79 Å². The third-order valence-electron chi connectivity index (χ3n) is 5.08. The van der Waals surface area contributed by atoms with Crippen molar-refractivity contribution in [2.75, 3.05) is 27.8 Å². The number of carbonyl (C=O) groups excluding carboxylic acids is 1. The first kappa shape index (κ1) is 21.4. The van der Waals surface area contributed by atoms with Crippen molar-refractivity contribution in [1.29, 1.82) is 0 Å². The van der Waals surface area contributed by atoms with Crippen molar-refractivity contribution in [1.82, 2.24) is 19.9 Å². The predicted octanol–water partition coefficient (Wildman–Crippen LogP) is 3.52. The molecule has 0 atom stereocenters. The standard InChI is InChI=1S/C23H28N4O3/c1-15-7-9-19(16(2)13-15)27-24-17(3)22(25-27)23(28)26(4)12-11-18-8-10-20(29-5)21(14-18)30-6/h7-10,13-14H,11-12H2,1-6H3. The van der Waals surface area contributed by atoms with Crippen LogP contribution in [0.3, 0.4) is 0 Å². The first-order valence-corrected chi connectivity index (χ1v) is 9.82. The van der Waals surface area contributed by atoms with Gasteiger partial charge in [0.05, 0.1) is 25.6 Å². The zero-order chi connectivity index (χ0) is 21.8. The first-order valence-electron chi connectivity index (χ1n) is 9.82. The highest BCUT2D eigenvalue weighted by molar-refractivity contribution is 5.93. The van der Waals surface area contributed by atoms with Gasteiger partial charge in [0.25, 0.3) is 5.91 Å². The number of likely N-dealkylation sites (N-methyl/N-ethyl adjacent to an activating group) is 1. The van der Waals surface area contributed by atoms with E-state index in [0.717, 1.165) is 16.8 Å². The van der Waals surface area contributed by atoms with Crippen molar-refractivity contribution >= 4 is 5.91 Å². The fourth-order valence-corrected chi connectivity index (χ4v) is 3.33. The number of amides is 1. The zero-order valence-electron chi connectivity index (χ0n) is 18.4. The molecule has 0 unspecified atom stereocenters. The van der Waals surface area contributed by atoms with E-state index in [4.69, 9.17) is 9.47 Å². The molecule has 0 radical (unpaired) electrons. The second-order valence-electron chi connectivity index (χ2n) is 7.38. The number of aryl methyl sites for hydroxylation is 3. The molecular formula is C23H28N4O3. The van der Waals surface area contributed by atoms with Crippen LogP contribution >= 0.6 is 0 Å². The molecule has 0 aliphatic heterocycles. The summed E-state index contributed by atoms with van der Waals surface area (Å²) in [5.74, 6) is 1.21. The van der Waals surface area contributed by atoms with Gasteiger partial charge in [-0.1, -0.05) is 23.8 Å². The maximum Gasteiger partial charge on any atom is 0.276 e. The summed E-state index contributed by atoms with van der Waals surface area (Å²) in [7, 11) is 5.00. The van der Waals surface area contributed by atoms with Crippen molar-refractivity contribution in [3.8, 4) is 17.2 Å². The molecule has 30 heavy (non-hydrogen) atoms. The van der Waals surface area contributed by atoms with Crippen LogP contribution in [0, 0.1) is 20.8 Å². The maximum absolute atomic E-state index is 13.0. The largest absolute Gasteiger partial charge is 0.493 e. The zero-order valence-corrected chi connectivity index (χ0v) is 18.4. The van der Waals surface area contributed by atoms with E-state index in [1.807, 2.05) is 51.1 Å². The van der Waals surface area contributed by atoms with Gasteiger partial charge in [-0.15, -0.1) is 5.10 Å². The van der Waals surface area contributed by atoms with E-state index in [0.29, 0.717) is 35.9 Å². The lowest BCUT2D eigenvalue weighted by Crippen LogP contribution is -2.29. The van der Waals surface area contributed by atoms with Gasteiger partial charge in [0.15, 0.2) is 17.2 Å². The second-order valence-corrected chi connectivity index (χ2v) is 7.38. The number of hydrogen-bond donors (Lipinski definition) is 0. The fourth-order valence-electron chi connectivity index (χ4n) is 3.33. The lowest BCUT2D eigenvalue weighted by molar-refractivity contribution is 0.0789. The van der Waals surface area contributed by atoms with Crippen molar-refractivity contribution in [3.05, 3.63) is 64.5 Å². The van der Waals surface area contributed by atoms with Crippen LogP contribution in [0.4, 0.5) is 0 Å². The summed E-state index contributed by atoms with van der Waals surface area (Å²) >= 11 is 0. The summed E-state index contributed by atoms with van der Waals surface area (Å²) in [6.07, 6.45) is 0.687. The van der Waals surface area contributed by atoms with Gasteiger partial charge in [-0.05, 0) is 56.5 Å². The SMILES string of the molecule is COc1ccc(CCN(C)C(=O)c2nn(-c3ccc(C)cc3C)nc2C)cc1OC. The Kier molecular flexibility index (Phi) is 6.40. The summed E-state index contributed by atoms with van der Waals surface area (Å²) in [6, 6.07) is 11.8. The van der Waals surface area contributed by atoms with Crippen molar-refractivity contribution in [3.63, 3.8) is 0 Å². The molecule has 1 heterocycles. The Bertz CT molecular complexity index is 1060. The van der Waals surface area contributed by atoms with Crippen molar-refractivity contribution in [2.24, 2.45) is 0 Å². The summed E-state index contributed by atoms with van der Waals surface area (Å²) < 4.78 is 10.6. The highest BCUT2D eigenvalue weighted by atomic mass is 16.5. The predicted molar refractivity (Wildman–Crippen MR) is 116 cm³/mol. The van der Waals surface area contributed by atoms with Gasteiger partial charge >= 0.3 is 0 Å². The first-order chi connectivity index (χ1) is 14.3. The molecule has 0 aliphatic carbocycles. The quantitative estimate of drug-likeness (QED) is 0.598. The number of nitrogens with zero attached hydrogens (tertiary/aromatic N) is 4. The molecule has 1 amide bonds. The van der Waals surface area contributed by atoms with Crippen LogP contribution in [-0.2, 0) is 6.42 Å². The molecule has 3 aromatic rings. The Morgan fingerprint density at radius 1 is 1.00 bits per heavy atom. The number of methoxy groups -OCH3 is 2. The third kappa shape index (κ3) is 4.45. The van der Waals surface area contributed by atoms with Gasteiger partial charge in [-0.25, -0.2) is 0 Å². The number of rotatable bonds is 7. The molecule has 158 valence electrons. The molecule has 0 spiro atoms. The summed E-state index contributed by atoms with van der Waals surface area (Å²) in [5, 5.41) is 8.94. The Hall–Kier alpha value is -3.35. The summed E-state index contributed by atoms with van der Waals surface area (Å²) in [6.45, 7) is 6.41. The highest BCUT2D eigenvalue weighted by Crippen LogP contribution is 2.27. The summed E-state index contributed by atoms with van der Waals surface area (Å²) in [4.78, 5) is 16.2. The second kappa shape index (κ2) is 8.98. The average Bonchev–Trinajstić information content (AvgIpc) is 3.12. The minimum Gasteiger partial charge on any atom is -0.493 e. The van der Waals surface area contributed by atoms with Gasteiger partial charge in [0.1, 0.15) is 0 Å². The topological polar surface area (TPSA) is 69.5 Å². The van der Waals surface area contributed by atoms with Crippen molar-refractivity contribution in [2.45, 2.75) is 27.2 Å². The van der Waals surface area contributed by atoms with E-state index in [1.165, 1.54) is 5.56 Å². The van der Waals surface area contributed by atoms with Crippen LogP contribution in [0.1, 0.15) is 32.9 Å². The van der Waals surface area contributed by atoms with Crippen LogP contribution in [0.15, 0.2) is 36.4 Å². The monoisotopic (exact) mass is 408 g/mol. The Morgan fingerprint density at radius 2 is 1.73 bits per heavy atom. The van der Waals surface area contributed by atoms with Crippen LogP contribution in [0.25, 0.3) is 5.69 Å². The van der Waals surface area contributed by atoms with E-state index in [1.54, 1.807) is 31.0 Å². The van der Waals surface area contributed by atoms with E-state index in [-0.39, 0.29) is 5.91 Å². The Morgan fingerprint density at radius 3 is 2.40 bits per heavy atom. The van der Waals surface area contributed by atoms with Crippen LogP contribution in [0.5, 0.6) is 11.5 Å². The average molecular weight is 409 g/mol. The number of ether oxygens (including phenoxy) is 2. The summed E-state index contributed by atoms with van der Waals surface area (Å²) in [5.41, 5.74) is 5.14. The molecule has 7 nitrogen and oxygen atoms in total. The van der Waals surface area contributed by atoms with Gasteiger partial charge in [-0.3, -0.25) is 4.79 Å². The van der Waals surface area contributed by atoms with E-state index in [2.05, 4.69) is 16.3 Å². The molecule has 0 bridgehead atoms. The fraction of sp³-hybridized carbons (Fsp3) is 0.348. The highest BCUT2D eigenvalue weighted by Gasteiger charge is 2.20. The molecule has 3 rings (SSSR count). The minimum atomic E-state index is -0.149. The number of benzene rings is 2. The van der Waals surface area contributed by atoms with Crippen LogP contribution in [-0.4, -0.2) is 53.6 Å². The Balaban J connectivity index is 1.73. The van der Waals surface area contributed by atoms with Crippen LogP contribution < -0.4 is 9.47 Å². The number of aromatic nitrogens is 3. The van der Waals surface area contributed by atoms with Gasteiger partial charge in [0.2, 0.25) is 0 Å². The molecule has 0 saturated carbocycles. The van der Waals surface area contributed by atoms with Gasteiger partial charge < -0.3 is 14.4 Å². The van der Waals surface area contributed by atoms with Gasteiger partial charge in [-0.2, -0.15) is 9.90 Å². The van der Waals surface area contributed by atoms with Crippen LogP contribution in [0.2, 0.25) is 0 Å². The molecule has 1 aromatic heterocycles. The van der Waals surface area contributed by atoms with E-state index >= 15 is 0 Å². The smallest absolute Gasteiger partial charge is 0.276 e. The Labute approximate surface area is 177 Å². The minimum absolute atomic E-state index is 0.149. The van der Waals surface area contributed by atoms with E-state index < -0.39 is 0 Å². The van der Waals surface area contributed by atoms with Crippen molar-refractivity contribution < 1.29 is 14.3 Å². The maximum atomic E-state index is 13.0.